The molecule has 1 heterocycles. The third-order valence-corrected chi connectivity index (χ3v) is 4.81. The monoisotopic (exact) mass is 313 g/mol. The molecule has 0 saturated carbocycles. The number of nitrogens with one attached hydrogen (secondary N) is 1. The van der Waals surface area contributed by atoms with Gasteiger partial charge in [-0.15, -0.1) is 11.3 Å². The quantitative estimate of drug-likeness (QED) is 0.697. The smallest absolute Gasteiger partial charge is 0.246 e. The zero-order valence-electron chi connectivity index (χ0n) is 12.8. The summed E-state index contributed by atoms with van der Waals surface area (Å²) in [4.78, 5) is 16.2. The SMILES string of the molecule is C/C(=N/NC(=O)Cc1nc(C)cs1)c1ccc2c(c1)CCC2. The first-order valence-corrected chi connectivity index (χ1v) is 8.36. The minimum Gasteiger partial charge on any atom is -0.273 e. The van der Waals surface area contributed by atoms with Gasteiger partial charge in [-0.3, -0.25) is 4.79 Å². The van der Waals surface area contributed by atoms with Crippen LogP contribution in [-0.2, 0) is 24.1 Å². The van der Waals surface area contributed by atoms with Gasteiger partial charge in [0, 0.05) is 11.1 Å². The van der Waals surface area contributed by atoms with Crippen molar-refractivity contribution in [1.29, 1.82) is 0 Å². The summed E-state index contributed by atoms with van der Waals surface area (Å²) < 4.78 is 0. The van der Waals surface area contributed by atoms with E-state index >= 15 is 0 Å². The lowest BCUT2D eigenvalue weighted by atomic mass is 10.0. The van der Waals surface area contributed by atoms with Crippen molar-refractivity contribution >= 4 is 23.0 Å². The van der Waals surface area contributed by atoms with E-state index in [1.807, 2.05) is 19.2 Å². The molecule has 1 aliphatic rings. The van der Waals surface area contributed by atoms with Crippen molar-refractivity contribution in [2.45, 2.75) is 39.5 Å². The number of fused-ring (bicyclic) bond motifs is 1. The lowest BCUT2D eigenvalue weighted by molar-refractivity contribution is -0.120. The van der Waals surface area contributed by atoms with Crippen LogP contribution in [0.1, 0.15) is 40.7 Å². The topological polar surface area (TPSA) is 54.4 Å². The molecule has 0 unspecified atom stereocenters. The van der Waals surface area contributed by atoms with E-state index in [0.717, 1.165) is 28.4 Å². The average molecular weight is 313 g/mol. The molecule has 114 valence electrons. The van der Waals surface area contributed by atoms with E-state index < -0.39 is 0 Å². The second-order valence-electron chi connectivity index (χ2n) is 5.63. The fourth-order valence-corrected chi connectivity index (χ4v) is 3.44. The van der Waals surface area contributed by atoms with Crippen molar-refractivity contribution in [3.8, 4) is 0 Å². The number of hydrogen-bond donors (Lipinski definition) is 1. The molecular weight excluding hydrogens is 294 g/mol. The van der Waals surface area contributed by atoms with Crippen LogP contribution >= 0.6 is 11.3 Å². The van der Waals surface area contributed by atoms with Crippen molar-refractivity contribution in [2.75, 3.05) is 0 Å². The molecule has 0 saturated heterocycles. The molecule has 0 atom stereocenters. The highest BCUT2D eigenvalue weighted by Crippen LogP contribution is 2.23. The number of nitrogens with zero attached hydrogens (tertiary/aromatic N) is 2. The van der Waals surface area contributed by atoms with Gasteiger partial charge in [-0.25, -0.2) is 10.4 Å². The molecule has 1 amide bonds. The molecule has 3 rings (SSSR count). The normalized spacial score (nSPS) is 14.0. The number of amides is 1. The summed E-state index contributed by atoms with van der Waals surface area (Å²) in [6.45, 7) is 3.85. The van der Waals surface area contributed by atoms with Gasteiger partial charge < -0.3 is 0 Å². The van der Waals surface area contributed by atoms with Crippen LogP contribution in [0.25, 0.3) is 0 Å². The molecule has 5 heteroatoms. The predicted octanol–water partition coefficient (Wildman–Crippen LogP) is 3.02. The van der Waals surface area contributed by atoms with E-state index in [1.165, 1.54) is 35.3 Å². The van der Waals surface area contributed by atoms with E-state index in [-0.39, 0.29) is 12.3 Å². The first-order valence-electron chi connectivity index (χ1n) is 7.48. The molecule has 1 N–H and O–H groups in total. The summed E-state index contributed by atoms with van der Waals surface area (Å²) in [5, 5.41) is 6.98. The number of carbonyl (C=O) groups excluding carboxylic acids is 1. The van der Waals surface area contributed by atoms with Crippen LogP contribution in [0.4, 0.5) is 0 Å². The highest BCUT2D eigenvalue weighted by molar-refractivity contribution is 7.09. The molecule has 2 aromatic rings. The van der Waals surface area contributed by atoms with Gasteiger partial charge in [0.25, 0.3) is 0 Å². The van der Waals surface area contributed by atoms with Gasteiger partial charge in [0.05, 0.1) is 12.1 Å². The number of rotatable bonds is 4. The number of hydrogen-bond acceptors (Lipinski definition) is 4. The summed E-state index contributed by atoms with van der Waals surface area (Å²) in [7, 11) is 0. The minimum absolute atomic E-state index is 0.130. The maximum absolute atomic E-state index is 11.9. The van der Waals surface area contributed by atoms with E-state index in [1.54, 1.807) is 0 Å². The second-order valence-corrected chi connectivity index (χ2v) is 6.57. The van der Waals surface area contributed by atoms with Crippen molar-refractivity contribution < 1.29 is 4.79 Å². The Hall–Kier alpha value is -2.01. The lowest BCUT2D eigenvalue weighted by Crippen LogP contribution is -2.21. The Labute approximate surface area is 134 Å². The summed E-state index contributed by atoms with van der Waals surface area (Å²) >= 11 is 1.50. The Bertz CT molecular complexity index is 733. The van der Waals surface area contributed by atoms with E-state index in [9.17, 15) is 4.79 Å². The van der Waals surface area contributed by atoms with E-state index in [4.69, 9.17) is 0 Å². The maximum Gasteiger partial charge on any atom is 0.246 e. The van der Waals surface area contributed by atoms with Gasteiger partial charge in [-0.05, 0) is 55.9 Å². The van der Waals surface area contributed by atoms with Crippen LogP contribution in [0, 0.1) is 6.92 Å². The van der Waals surface area contributed by atoms with Crippen molar-refractivity contribution in [3.05, 3.63) is 51.0 Å². The number of thiazole rings is 1. The molecule has 0 aliphatic heterocycles. The standard InChI is InChI=1S/C17H19N3OS/c1-11-10-22-17(18-11)9-16(21)20-19-12(2)14-7-6-13-4-3-5-15(13)8-14/h6-8,10H,3-5,9H2,1-2H3,(H,20,21)/b19-12-. The largest absolute Gasteiger partial charge is 0.273 e. The molecule has 22 heavy (non-hydrogen) atoms. The molecule has 0 fully saturated rings. The van der Waals surface area contributed by atoms with Gasteiger partial charge in [-0.2, -0.15) is 5.10 Å². The zero-order chi connectivity index (χ0) is 15.5. The average Bonchev–Trinajstić information content (AvgIpc) is 3.12. The summed E-state index contributed by atoms with van der Waals surface area (Å²) in [5.41, 5.74) is 8.34. The third-order valence-electron chi connectivity index (χ3n) is 3.84. The summed E-state index contributed by atoms with van der Waals surface area (Å²) in [6.07, 6.45) is 3.83. The molecule has 4 nitrogen and oxygen atoms in total. The number of carbonyl (C=O) groups is 1. The first-order chi connectivity index (χ1) is 10.6. The fourth-order valence-electron chi connectivity index (χ4n) is 2.67. The molecule has 1 aromatic carbocycles. The van der Waals surface area contributed by atoms with Crippen LogP contribution in [0.5, 0.6) is 0 Å². The van der Waals surface area contributed by atoms with Gasteiger partial charge >= 0.3 is 0 Å². The molecule has 1 aromatic heterocycles. The van der Waals surface area contributed by atoms with Crippen molar-refractivity contribution in [1.82, 2.24) is 10.4 Å². The van der Waals surface area contributed by atoms with Crippen molar-refractivity contribution in [3.63, 3.8) is 0 Å². The number of benzene rings is 1. The molecule has 1 aliphatic carbocycles. The third kappa shape index (κ3) is 3.42. The first kappa shape index (κ1) is 14.9. The number of hydrazone groups is 1. The van der Waals surface area contributed by atoms with E-state index in [0.29, 0.717) is 0 Å². The van der Waals surface area contributed by atoms with Gasteiger partial charge in [0.2, 0.25) is 5.91 Å². The van der Waals surface area contributed by atoms with Crippen LogP contribution in [0.15, 0.2) is 28.7 Å². The Morgan fingerprint density at radius 1 is 1.36 bits per heavy atom. The van der Waals surface area contributed by atoms with Gasteiger partial charge in [0.1, 0.15) is 5.01 Å². The summed E-state index contributed by atoms with van der Waals surface area (Å²) in [5.74, 6) is -0.130. The molecule has 0 radical (unpaired) electrons. The van der Waals surface area contributed by atoms with Crippen LogP contribution in [0.2, 0.25) is 0 Å². The lowest BCUT2D eigenvalue weighted by Gasteiger charge is -2.05. The maximum atomic E-state index is 11.9. The molecular formula is C17H19N3OS. The second kappa shape index (κ2) is 6.40. The summed E-state index contributed by atoms with van der Waals surface area (Å²) in [6, 6.07) is 6.45. The Balaban J connectivity index is 1.63. The number of aryl methyl sites for hydroxylation is 3. The van der Waals surface area contributed by atoms with Crippen LogP contribution in [-0.4, -0.2) is 16.6 Å². The van der Waals surface area contributed by atoms with Crippen molar-refractivity contribution in [2.24, 2.45) is 5.10 Å². The Morgan fingerprint density at radius 2 is 2.18 bits per heavy atom. The number of aromatic nitrogens is 1. The van der Waals surface area contributed by atoms with Gasteiger partial charge in [0.15, 0.2) is 0 Å². The van der Waals surface area contributed by atoms with E-state index in [2.05, 4.69) is 33.7 Å². The molecule has 0 spiro atoms. The highest BCUT2D eigenvalue weighted by atomic mass is 32.1. The fraction of sp³-hybridized carbons (Fsp3) is 0.353. The Morgan fingerprint density at radius 3 is 2.95 bits per heavy atom. The minimum atomic E-state index is -0.130. The van der Waals surface area contributed by atoms with Crippen LogP contribution in [0.3, 0.4) is 0 Å². The molecule has 0 bridgehead atoms. The Kier molecular flexibility index (Phi) is 4.34. The predicted molar refractivity (Wildman–Crippen MR) is 89.4 cm³/mol. The highest BCUT2D eigenvalue weighted by Gasteiger charge is 2.12. The van der Waals surface area contributed by atoms with Gasteiger partial charge in [-0.1, -0.05) is 12.1 Å². The van der Waals surface area contributed by atoms with Crippen LogP contribution < -0.4 is 5.43 Å². The zero-order valence-corrected chi connectivity index (χ0v) is 13.7.